The zero-order valence-electron chi connectivity index (χ0n) is 9.95. The van der Waals surface area contributed by atoms with Gasteiger partial charge in [0.25, 0.3) is 11.8 Å². The highest BCUT2D eigenvalue weighted by Gasteiger charge is 2.21. The third-order valence-corrected chi connectivity index (χ3v) is 2.20. The molecule has 0 bridgehead atoms. The van der Waals surface area contributed by atoms with Crippen LogP contribution >= 0.6 is 0 Å². The summed E-state index contributed by atoms with van der Waals surface area (Å²) >= 11 is 0. The fraction of sp³-hybridized carbons (Fsp3) is 0.800. The molecule has 5 nitrogen and oxygen atoms in total. The van der Waals surface area contributed by atoms with Gasteiger partial charge in [-0.3, -0.25) is 10.4 Å². The molecule has 0 aromatic carbocycles. The van der Waals surface area contributed by atoms with Crippen molar-refractivity contribution in [2.24, 2.45) is 0 Å². The first-order valence-corrected chi connectivity index (χ1v) is 5.33. The van der Waals surface area contributed by atoms with Crippen molar-refractivity contribution in [3.05, 3.63) is 11.8 Å². The van der Waals surface area contributed by atoms with Gasteiger partial charge in [0.1, 0.15) is 0 Å². The molecule has 0 aliphatic heterocycles. The van der Waals surface area contributed by atoms with Gasteiger partial charge < -0.3 is 4.52 Å². The fourth-order valence-electron chi connectivity index (χ4n) is 1.40. The number of nitrogens with one attached hydrogen (secondary N) is 1. The van der Waals surface area contributed by atoms with E-state index < -0.39 is 0 Å². The quantitative estimate of drug-likeness (QED) is 0.741. The van der Waals surface area contributed by atoms with Gasteiger partial charge in [-0.1, -0.05) is 38.9 Å². The highest BCUT2D eigenvalue weighted by atomic mass is 16.5. The minimum atomic E-state index is -0.0247. The molecule has 86 valence electrons. The predicted molar refractivity (Wildman–Crippen MR) is 55.8 cm³/mol. The van der Waals surface area contributed by atoms with Crippen molar-refractivity contribution in [2.75, 3.05) is 11.6 Å². The Morgan fingerprint density at radius 1 is 1.53 bits per heavy atom. The molecule has 0 aliphatic carbocycles. The highest BCUT2D eigenvalue weighted by Crippen LogP contribution is 2.07. The Kier molecular flexibility index (Phi) is 3.55. The van der Waals surface area contributed by atoms with Crippen LogP contribution in [0.15, 0.2) is 10.7 Å². The van der Waals surface area contributed by atoms with Gasteiger partial charge in [-0.15, -0.1) is 0 Å². The molecular weight excluding hydrogens is 192 g/mol. The van der Waals surface area contributed by atoms with Crippen molar-refractivity contribution in [3.8, 4) is 0 Å². The van der Waals surface area contributed by atoms with Crippen LogP contribution in [0.4, 0.5) is 0 Å². The molecule has 5 heteroatoms. The van der Waals surface area contributed by atoms with Crippen molar-refractivity contribution >= 4 is 0 Å². The molecule has 1 aromatic heterocycles. The molecular formula is C10H20N4O. The summed E-state index contributed by atoms with van der Waals surface area (Å²) in [6.07, 6.45) is 3.82. The molecule has 0 amide bonds. The molecule has 0 radical (unpaired) electrons. The van der Waals surface area contributed by atoms with Crippen LogP contribution in [0.1, 0.15) is 40.5 Å². The first-order valence-electron chi connectivity index (χ1n) is 5.33. The summed E-state index contributed by atoms with van der Waals surface area (Å²) in [6.45, 7) is 9.43. The van der Waals surface area contributed by atoms with Crippen LogP contribution < -0.4 is 20.6 Å². The van der Waals surface area contributed by atoms with E-state index in [0.717, 1.165) is 19.4 Å². The number of nitrogens with zero attached hydrogens (tertiary/aromatic N) is 3. The summed E-state index contributed by atoms with van der Waals surface area (Å²) in [5, 5.41) is 13.2. The Labute approximate surface area is 90.1 Å². The van der Waals surface area contributed by atoms with Crippen LogP contribution in [0.3, 0.4) is 0 Å². The molecule has 0 fully saturated rings. The van der Waals surface area contributed by atoms with Crippen molar-refractivity contribution < 1.29 is 9.31 Å². The SMILES string of the molecule is CCCCN([n+]1cc(=N)o[n-]1)C(C)(C)C. The molecule has 1 aromatic rings. The lowest BCUT2D eigenvalue weighted by molar-refractivity contribution is -0.770. The van der Waals surface area contributed by atoms with Gasteiger partial charge in [-0.25, -0.2) is 0 Å². The van der Waals surface area contributed by atoms with E-state index >= 15 is 0 Å². The van der Waals surface area contributed by atoms with E-state index in [1.807, 2.05) is 0 Å². The molecule has 1 heterocycles. The first kappa shape index (κ1) is 11.8. The summed E-state index contributed by atoms with van der Waals surface area (Å²) in [6, 6.07) is 0. The van der Waals surface area contributed by atoms with E-state index in [4.69, 9.17) is 9.93 Å². The summed E-state index contributed by atoms with van der Waals surface area (Å²) in [5.41, 5.74) is 0.0594. The van der Waals surface area contributed by atoms with Crippen molar-refractivity contribution in [1.82, 2.24) is 5.27 Å². The Morgan fingerprint density at radius 2 is 2.20 bits per heavy atom. The normalized spacial score (nSPS) is 11.7. The maximum Gasteiger partial charge on any atom is 0.286 e. The van der Waals surface area contributed by atoms with Crippen molar-refractivity contribution in [2.45, 2.75) is 46.1 Å². The number of hydrogen-bond donors (Lipinski definition) is 1. The summed E-state index contributed by atoms with van der Waals surface area (Å²) in [5.74, 6) is 0. The molecule has 0 unspecified atom stereocenters. The molecule has 1 N–H and O–H groups in total. The van der Waals surface area contributed by atoms with Crippen molar-refractivity contribution in [1.29, 1.82) is 5.41 Å². The van der Waals surface area contributed by atoms with Gasteiger partial charge in [0.15, 0.2) is 0 Å². The zero-order chi connectivity index (χ0) is 11.5. The number of aromatic nitrogens is 2. The molecule has 0 aliphatic rings. The number of unbranched alkanes of at least 4 members (excludes halogenated alkanes) is 1. The molecule has 0 spiro atoms. The number of rotatable bonds is 4. The Hall–Kier alpha value is -1.26. The molecule has 1 rings (SSSR count). The Balaban J connectivity index is 2.86. The van der Waals surface area contributed by atoms with Crippen LogP contribution in [0.2, 0.25) is 0 Å². The fourth-order valence-corrected chi connectivity index (χ4v) is 1.40. The third kappa shape index (κ3) is 3.11. The maximum atomic E-state index is 7.31. The lowest BCUT2D eigenvalue weighted by Gasteiger charge is -2.36. The number of hydrogen-bond acceptors (Lipinski definition) is 3. The maximum absolute atomic E-state index is 7.31. The van der Waals surface area contributed by atoms with Gasteiger partial charge in [-0.05, 0) is 11.7 Å². The largest absolute Gasteiger partial charge is 0.380 e. The van der Waals surface area contributed by atoms with E-state index in [1.54, 1.807) is 11.0 Å². The average molecular weight is 212 g/mol. The summed E-state index contributed by atoms with van der Waals surface area (Å²) < 4.78 is 4.76. The lowest BCUT2D eigenvalue weighted by atomic mass is 10.1. The third-order valence-electron chi connectivity index (χ3n) is 2.20. The van der Waals surface area contributed by atoms with Crippen LogP contribution in [0.5, 0.6) is 0 Å². The second-order valence-electron chi connectivity index (χ2n) is 4.63. The molecule has 0 saturated heterocycles. The van der Waals surface area contributed by atoms with Gasteiger partial charge in [0.2, 0.25) is 0 Å². The monoisotopic (exact) mass is 212 g/mol. The Morgan fingerprint density at radius 3 is 2.60 bits per heavy atom. The zero-order valence-corrected chi connectivity index (χ0v) is 9.95. The van der Waals surface area contributed by atoms with E-state index in [1.165, 1.54) is 0 Å². The van der Waals surface area contributed by atoms with Gasteiger partial charge in [0, 0.05) is 12.1 Å². The molecule has 0 saturated carbocycles. The van der Waals surface area contributed by atoms with E-state index in [9.17, 15) is 0 Å². The lowest BCUT2D eigenvalue weighted by Crippen LogP contribution is -2.68. The van der Waals surface area contributed by atoms with Gasteiger partial charge >= 0.3 is 0 Å². The van der Waals surface area contributed by atoms with Crippen LogP contribution in [-0.2, 0) is 0 Å². The molecule has 0 atom stereocenters. The van der Waals surface area contributed by atoms with E-state index in [2.05, 4.69) is 38.0 Å². The first-order chi connectivity index (χ1) is 6.95. The predicted octanol–water partition coefficient (Wildman–Crippen LogP) is 0.540. The topological polar surface area (TPSA) is 58.2 Å². The average Bonchev–Trinajstić information content (AvgIpc) is 2.50. The molecule has 15 heavy (non-hydrogen) atoms. The van der Waals surface area contributed by atoms with Crippen LogP contribution in [0, 0.1) is 5.41 Å². The van der Waals surface area contributed by atoms with Crippen LogP contribution in [0.25, 0.3) is 0 Å². The van der Waals surface area contributed by atoms with Gasteiger partial charge in [0.05, 0.1) is 0 Å². The van der Waals surface area contributed by atoms with Gasteiger partial charge in [-0.2, -0.15) is 0 Å². The van der Waals surface area contributed by atoms with Crippen molar-refractivity contribution in [3.63, 3.8) is 0 Å². The summed E-state index contributed by atoms with van der Waals surface area (Å²) in [7, 11) is 0. The minimum absolute atomic E-state index is 0.0247. The highest BCUT2D eigenvalue weighted by molar-refractivity contribution is 4.87. The second-order valence-corrected chi connectivity index (χ2v) is 4.63. The summed E-state index contributed by atoms with van der Waals surface area (Å²) in [4.78, 5) is 1.62. The van der Waals surface area contributed by atoms with E-state index in [0.29, 0.717) is 0 Å². The smallest absolute Gasteiger partial charge is 0.286 e. The van der Waals surface area contributed by atoms with E-state index in [-0.39, 0.29) is 11.1 Å². The minimum Gasteiger partial charge on any atom is -0.380 e. The second kappa shape index (κ2) is 4.51. The van der Waals surface area contributed by atoms with Crippen LogP contribution in [-0.4, -0.2) is 12.1 Å². The standard InChI is InChI=1S/C10H20N4O/c1-5-6-7-13(10(2,3)4)14-8-9(11)15-12-14/h8,11H,5-7H2,1-4H3. The Bertz CT molecular complexity index is 347.